The lowest BCUT2D eigenvalue weighted by atomic mass is 9.95. The van der Waals surface area contributed by atoms with Gasteiger partial charge >= 0.3 is 5.97 Å². The Morgan fingerprint density at radius 2 is 1.94 bits per heavy atom. The molecule has 7 heteroatoms. The second-order valence-corrected chi connectivity index (χ2v) is 9.01. The number of fused-ring (bicyclic) bond motifs is 2. The van der Waals surface area contributed by atoms with Crippen molar-refractivity contribution in [1.29, 1.82) is 0 Å². The van der Waals surface area contributed by atoms with Crippen LogP contribution >= 0.6 is 11.3 Å². The Kier molecular flexibility index (Phi) is 5.34. The van der Waals surface area contributed by atoms with Gasteiger partial charge in [-0.25, -0.2) is 9.79 Å². The fourth-order valence-corrected chi connectivity index (χ4v) is 5.25. The fraction of sp³-hybridized carbons (Fsp3) is 0.192. The summed E-state index contributed by atoms with van der Waals surface area (Å²) in [4.78, 5) is 35.0. The third-order valence-corrected chi connectivity index (χ3v) is 6.80. The standard InChI is InChI=1S/C26H23N3O3S/c1-4-32-25(31)22-16(3)28-26-29(23(22)17-11-9-15(2)10-12-17)24(30)21(33-26)13-18-14-27-20-8-6-5-7-19(18)20/h5-14,23,27H,4H2,1-3H3/b21-13-/t23-/m0/s1. The van der Waals surface area contributed by atoms with Crippen molar-refractivity contribution in [3.05, 3.63) is 102 Å². The number of aryl methyl sites for hydroxylation is 1. The molecule has 5 rings (SSSR count). The number of thiazole rings is 1. The number of rotatable bonds is 4. The van der Waals surface area contributed by atoms with Crippen LogP contribution < -0.4 is 14.9 Å². The third-order valence-electron chi connectivity index (χ3n) is 5.82. The zero-order valence-corrected chi connectivity index (χ0v) is 19.4. The third kappa shape index (κ3) is 3.64. The first-order chi connectivity index (χ1) is 16.0. The lowest BCUT2D eigenvalue weighted by molar-refractivity contribution is -0.139. The molecule has 33 heavy (non-hydrogen) atoms. The van der Waals surface area contributed by atoms with Gasteiger partial charge in [0.2, 0.25) is 0 Å². The molecule has 166 valence electrons. The quantitative estimate of drug-likeness (QED) is 0.476. The number of allylic oxidation sites excluding steroid dienone is 1. The van der Waals surface area contributed by atoms with Crippen molar-refractivity contribution < 1.29 is 9.53 Å². The summed E-state index contributed by atoms with van der Waals surface area (Å²) in [7, 11) is 0. The van der Waals surface area contributed by atoms with Crippen molar-refractivity contribution >= 4 is 34.3 Å². The van der Waals surface area contributed by atoms with E-state index in [0.717, 1.165) is 27.6 Å². The molecule has 0 aliphatic carbocycles. The number of aromatic amines is 1. The van der Waals surface area contributed by atoms with E-state index in [4.69, 9.17) is 4.74 Å². The molecule has 1 aliphatic heterocycles. The summed E-state index contributed by atoms with van der Waals surface area (Å²) in [6.45, 7) is 5.82. The summed E-state index contributed by atoms with van der Waals surface area (Å²) >= 11 is 1.33. The van der Waals surface area contributed by atoms with Gasteiger partial charge in [-0.1, -0.05) is 59.4 Å². The van der Waals surface area contributed by atoms with E-state index in [9.17, 15) is 9.59 Å². The summed E-state index contributed by atoms with van der Waals surface area (Å²) in [6.07, 6.45) is 3.79. The summed E-state index contributed by atoms with van der Waals surface area (Å²) in [5, 5.41) is 1.04. The lowest BCUT2D eigenvalue weighted by Crippen LogP contribution is -2.39. The summed E-state index contributed by atoms with van der Waals surface area (Å²) in [5.41, 5.74) is 4.68. The molecule has 1 aliphatic rings. The number of carbonyl (C=O) groups is 1. The molecule has 1 N–H and O–H groups in total. The fourth-order valence-electron chi connectivity index (χ4n) is 4.21. The minimum Gasteiger partial charge on any atom is -0.463 e. The van der Waals surface area contributed by atoms with E-state index in [0.29, 0.717) is 20.6 Å². The molecule has 0 unspecified atom stereocenters. The molecule has 0 saturated heterocycles. The van der Waals surface area contributed by atoms with E-state index in [1.54, 1.807) is 18.4 Å². The maximum Gasteiger partial charge on any atom is 0.338 e. The molecule has 0 fully saturated rings. The van der Waals surface area contributed by atoms with Gasteiger partial charge in [-0.05, 0) is 38.5 Å². The predicted molar refractivity (Wildman–Crippen MR) is 130 cm³/mol. The number of carbonyl (C=O) groups excluding carboxylic acids is 1. The van der Waals surface area contributed by atoms with Gasteiger partial charge in [0.1, 0.15) is 0 Å². The number of hydrogen-bond acceptors (Lipinski definition) is 5. The molecule has 6 nitrogen and oxygen atoms in total. The van der Waals surface area contributed by atoms with Gasteiger partial charge in [0.15, 0.2) is 4.80 Å². The highest BCUT2D eigenvalue weighted by molar-refractivity contribution is 7.07. The molecule has 0 spiro atoms. The van der Waals surface area contributed by atoms with Crippen LogP contribution in [0.4, 0.5) is 0 Å². The van der Waals surface area contributed by atoms with Crippen LogP contribution in [0.25, 0.3) is 17.0 Å². The summed E-state index contributed by atoms with van der Waals surface area (Å²) < 4.78 is 7.53. The van der Waals surface area contributed by atoms with Gasteiger partial charge in [-0.15, -0.1) is 0 Å². The minimum absolute atomic E-state index is 0.177. The van der Waals surface area contributed by atoms with Gasteiger partial charge in [0.05, 0.1) is 28.5 Å². The van der Waals surface area contributed by atoms with E-state index in [1.165, 1.54) is 11.3 Å². The molecule has 0 radical (unpaired) electrons. The zero-order chi connectivity index (χ0) is 23.1. The number of benzene rings is 2. The number of H-pyrrole nitrogens is 1. The molecular formula is C26H23N3O3S. The van der Waals surface area contributed by atoms with Crippen LogP contribution in [0.5, 0.6) is 0 Å². The van der Waals surface area contributed by atoms with E-state index >= 15 is 0 Å². The Hall–Kier alpha value is -3.71. The highest BCUT2D eigenvalue weighted by atomic mass is 32.1. The smallest absolute Gasteiger partial charge is 0.338 e. The normalized spacial score (nSPS) is 16.1. The largest absolute Gasteiger partial charge is 0.463 e. The highest BCUT2D eigenvalue weighted by Crippen LogP contribution is 2.30. The Morgan fingerprint density at radius 1 is 1.18 bits per heavy atom. The van der Waals surface area contributed by atoms with Crippen LogP contribution in [0.1, 0.15) is 36.6 Å². The van der Waals surface area contributed by atoms with E-state index in [-0.39, 0.29) is 12.2 Å². The van der Waals surface area contributed by atoms with Crippen LogP contribution in [0.2, 0.25) is 0 Å². The monoisotopic (exact) mass is 457 g/mol. The van der Waals surface area contributed by atoms with Crippen molar-refractivity contribution in [3.63, 3.8) is 0 Å². The summed E-state index contributed by atoms with van der Waals surface area (Å²) in [6, 6.07) is 15.2. The molecule has 0 bridgehead atoms. The highest BCUT2D eigenvalue weighted by Gasteiger charge is 2.33. The van der Waals surface area contributed by atoms with Crippen LogP contribution in [-0.2, 0) is 9.53 Å². The van der Waals surface area contributed by atoms with Crippen LogP contribution in [0, 0.1) is 6.92 Å². The molecule has 1 atom stereocenters. The number of para-hydroxylation sites is 1. The van der Waals surface area contributed by atoms with Crippen molar-refractivity contribution in [2.24, 2.45) is 4.99 Å². The minimum atomic E-state index is -0.592. The molecule has 0 saturated carbocycles. The number of esters is 1. The van der Waals surface area contributed by atoms with E-state index < -0.39 is 12.0 Å². The Balaban J connectivity index is 1.74. The van der Waals surface area contributed by atoms with Crippen LogP contribution in [0.3, 0.4) is 0 Å². The van der Waals surface area contributed by atoms with Crippen molar-refractivity contribution in [2.45, 2.75) is 26.8 Å². The molecule has 3 heterocycles. The van der Waals surface area contributed by atoms with Crippen molar-refractivity contribution in [3.8, 4) is 0 Å². The number of hydrogen-bond donors (Lipinski definition) is 1. The molecule has 4 aromatic rings. The van der Waals surface area contributed by atoms with Gasteiger partial charge in [-0.3, -0.25) is 9.36 Å². The van der Waals surface area contributed by atoms with Gasteiger partial charge < -0.3 is 9.72 Å². The van der Waals surface area contributed by atoms with Crippen molar-refractivity contribution in [1.82, 2.24) is 9.55 Å². The average Bonchev–Trinajstić information content (AvgIpc) is 3.35. The molecule has 2 aromatic carbocycles. The van der Waals surface area contributed by atoms with E-state index in [2.05, 4.69) is 9.98 Å². The van der Waals surface area contributed by atoms with Gasteiger partial charge in [0, 0.05) is 22.7 Å². The van der Waals surface area contributed by atoms with Gasteiger partial charge in [-0.2, -0.15) is 0 Å². The predicted octanol–water partition coefficient (Wildman–Crippen LogP) is 3.59. The van der Waals surface area contributed by atoms with Crippen LogP contribution in [-0.4, -0.2) is 22.1 Å². The molecule has 0 amide bonds. The maximum atomic E-state index is 13.7. The first-order valence-electron chi connectivity index (χ1n) is 10.8. The lowest BCUT2D eigenvalue weighted by Gasteiger charge is -2.24. The number of nitrogens with one attached hydrogen (secondary N) is 1. The van der Waals surface area contributed by atoms with Crippen LogP contribution in [0.15, 0.2) is 75.8 Å². The topological polar surface area (TPSA) is 76.4 Å². The first kappa shape index (κ1) is 21.2. The molecule has 2 aromatic heterocycles. The van der Waals surface area contributed by atoms with Crippen molar-refractivity contribution in [2.75, 3.05) is 6.61 Å². The first-order valence-corrected chi connectivity index (χ1v) is 11.6. The Labute approximate surface area is 194 Å². The SMILES string of the molecule is CCOC(=O)C1=C(C)N=c2s/c(=C\c3c[nH]c4ccccc34)c(=O)n2[C@H]1c1ccc(C)cc1. The Bertz CT molecular complexity index is 1590. The second kappa shape index (κ2) is 8.33. The van der Waals surface area contributed by atoms with E-state index in [1.807, 2.05) is 67.7 Å². The zero-order valence-electron chi connectivity index (χ0n) is 18.6. The number of ether oxygens (including phenoxy) is 1. The average molecular weight is 458 g/mol. The number of nitrogens with zero attached hydrogens (tertiary/aromatic N) is 2. The van der Waals surface area contributed by atoms with Gasteiger partial charge in [0.25, 0.3) is 5.56 Å². The summed E-state index contributed by atoms with van der Waals surface area (Å²) in [5.74, 6) is -0.449. The number of aromatic nitrogens is 2. The Morgan fingerprint density at radius 3 is 2.70 bits per heavy atom. The second-order valence-electron chi connectivity index (χ2n) is 8.00. The maximum absolute atomic E-state index is 13.7. The molecular weight excluding hydrogens is 434 g/mol.